The highest BCUT2D eigenvalue weighted by Gasteiger charge is 2.18. The second-order valence-corrected chi connectivity index (χ2v) is 9.14. The van der Waals surface area contributed by atoms with Crippen molar-refractivity contribution in [2.75, 3.05) is 11.1 Å². The van der Waals surface area contributed by atoms with Crippen molar-refractivity contribution < 1.29 is 14.5 Å². The first kappa shape index (κ1) is 24.0. The van der Waals surface area contributed by atoms with Crippen LogP contribution in [0.2, 0.25) is 0 Å². The number of nitro groups is 1. The van der Waals surface area contributed by atoms with Crippen LogP contribution >= 0.6 is 23.1 Å². The van der Waals surface area contributed by atoms with E-state index < -0.39 is 10.8 Å². The largest absolute Gasteiger partial charge is 0.345 e. The number of nitro benzene ring substituents is 1. The van der Waals surface area contributed by atoms with Gasteiger partial charge < -0.3 is 5.32 Å². The summed E-state index contributed by atoms with van der Waals surface area (Å²) in [7, 11) is 0. The first-order chi connectivity index (χ1) is 16.9. The minimum atomic E-state index is -0.529. The molecule has 0 bridgehead atoms. The highest BCUT2D eigenvalue weighted by atomic mass is 32.2. The van der Waals surface area contributed by atoms with E-state index in [-0.39, 0.29) is 29.5 Å². The van der Waals surface area contributed by atoms with Crippen molar-refractivity contribution >= 4 is 45.7 Å². The minimum Gasteiger partial charge on any atom is -0.345 e. The lowest BCUT2D eigenvalue weighted by Gasteiger charge is -2.11. The highest BCUT2D eigenvalue weighted by Crippen LogP contribution is 2.23. The van der Waals surface area contributed by atoms with Gasteiger partial charge in [-0.3, -0.25) is 29.6 Å². The summed E-state index contributed by atoms with van der Waals surface area (Å²) in [6, 6.07) is 14.6. The normalized spacial score (nSPS) is 10.7. The van der Waals surface area contributed by atoms with Crippen LogP contribution in [0.4, 0.5) is 10.8 Å². The Morgan fingerprint density at radius 1 is 1.06 bits per heavy atom. The van der Waals surface area contributed by atoms with E-state index in [0.717, 1.165) is 10.7 Å². The first-order valence-electron chi connectivity index (χ1n) is 10.2. The van der Waals surface area contributed by atoms with Gasteiger partial charge in [-0.25, -0.2) is 0 Å². The Bertz CT molecular complexity index is 1360. The van der Waals surface area contributed by atoms with Gasteiger partial charge >= 0.3 is 0 Å². The van der Waals surface area contributed by atoms with Crippen LogP contribution in [0.1, 0.15) is 21.2 Å². The summed E-state index contributed by atoms with van der Waals surface area (Å²) in [6.45, 7) is 1.85. The number of hydrogen-bond donors (Lipinski definition) is 2. The molecule has 2 aromatic carbocycles. The number of carbonyl (C=O) groups is 2. The molecule has 0 saturated heterocycles. The third-order valence-electron chi connectivity index (χ3n) is 4.57. The van der Waals surface area contributed by atoms with Gasteiger partial charge in [-0.1, -0.05) is 41.3 Å². The Hall–Kier alpha value is -4.17. The molecule has 12 nitrogen and oxygen atoms in total. The molecule has 0 aliphatic heterocycles. The van der Waals surface area contributed by atoms with E-state index in [2.05, 4.69) is 31.0 Å². The molecule has 0 fully saturated rings. The van der Waals surface area contributed by atoms with Crippen LogP contribution in [0.15, 0.2) is 59.8 Å². The number of hydrogen-bond acceptors (Lipinski definition) is 10. The highest BCUT2D eigenvalue weighted by molar-refractivity contribution is 7.99. The molecule has 2 amide bonds. The number of para-hydroxylation sites is 1. The number of aryl methyl sites for hydroxylation is 1. The number of rotatable bonds is 9. The maximum Gasteiger partial charge on any atom is 0.269 e. The van der Waals surface area contributed by atoms with E-state index in [0.29, 0.717) is 16.1 Å². The molecule has 0 spiro atoms. The maximum atomic E-state index is 12.5. The lowest BCUT2D eigenvalue weighted by Crippen LogP contribution is -2.24. The summed E-state index contributed by atoms with van der Waals surface area (Å²) in [4.78, 5) is 35.2. The molecule has 35 heavy (non-hydrogen) atoms. The molecule has 178 valence electrons. The Morgan fingerprint density at radius 2 is 1.80 bits per heavy atom. The molecule has 4 aromatic rings. The van der Waals surface area contributed by atoms with Crippen LogP contribution in [-0.4, -0.2) is 47.5 Å². The molecule has 0 radical (unpaired) electrons. The standard InChI is InChI=1S/C21H18N8O4S2/c1-13-24-26-20(35-13)23-18(30)12-34-21-27-25-17(28(21)15-5-3-2-4-6-15)11-22-19(31)14-7-9-16(10-8-14)29(32)33/h2-10H,11-12H2,1H3,(H,22,31)(H,23,26,30). The zero-order valence-corrected chi connectivity index (χ0v) is 19.9. The average Bonchev–Trinajstić information content (AvgIpc) is 3.47. The number of benzene rings is 2. The second-order valence-electron chi connectivity index (χ2n) is 7.02. The zero-order valence-electron chi connectivity index (χ0n) is 18.2. The van der Waals surface area contributed by atoms with Crippen LogP contribution in [0.3, 0.4) is 0 Å². The molecule has 2 aromatic heterocycles. The molecule has 2 heterocycles. The summed E-state index contributed by atoms with van der Waals surface area (Å²) in [5, 5.41) is 34.0. The summed E-state index contributed by atoms with van der Waals surface area (Å²) in [6.07, 6.45) is 0. The van der Waals surface area contributed by atoms with E-state index in [1.807, 2.05) is 30.3 Å². The Kier molecular flexibility index (Phi) is 7.42. The number of thioether (sulfide) groups is 1. The number of non-ortho nitro benzene ring substituents is 1. The third-order valence-corrected chi connectivity index (χ3v) is 6.25. The molecular formula is C21H18N8O4S2. The number of carbonyl (C=O) groups excluding carboxylic acids is 2. The molecule has 14 heteroatoms. The van der Waals surface area contributed by atoms with Crippen molar-refractivity contribution in [2.24, 2.45) is 0 Å². The average molecular weight is 511 g/mol. The van der Waals surface area contributed by atoms with E-state index >= 15 is 0 Å². The fourth-order valence-corrected chi connectivity index (χ4v) is 4.35. The number of aromatic nitrogens is 5. The van der Waals surface area contributed by atoms with Crippen molar-refractivity contribution in [1.29, 1.82) is 0 Å². The predicted octanol–water partition coefficient (Wildman–Crippen LogP) is 3.00. The van der Waals surface area contributed by atoms with Gasteiger partial charge in [0, 0.05) is 23.4 Å². The van der Waals surface area contributed by atoms with Crippen LogP contribution < -0.4 is 10.6 Å². The zero-order chi connectivity index (χ0) is 24.8. The number of nitrogens with one attached hydrogen (secondary N) is 2. The maximum absolute atomic E-state index is 12.5. The quantitative estimate of drug-likeness (QED) is 0.196. The first-order valence-corrected chi connectivity index (χ1v) is 12.0. The van der Waals surface area contributed by atoms with E-state index in [1.54, 1.807) is 11.5 Å². The summed E-state index contributed by atoms with van der Waals surface area (Å²) >= 11 is 2.47. The summed E-state index contributed by atoms with van der Waals surface area (Å²) in [5.41, 5.74) is 0.941. The van der Waals surface area contributed by atoms with Crippen molar-refractivity contribution in [3.63, 3.8) is 0 Å². The second kappa shape index (κ2) is 10.8. The van der Waals surface area contributed by atoms with Gasteiger partial charge in [0.05, 0.1) is 17.2 Å². The van der Waals surface area contributed by atoms with Crippen molar-refractivity contribution in [1.82, 2.24) is 30.3 Å². The number of amides is 2. The van der Waals surface area contributed by atoms with E-state index in [9.17, 15) is 19.7 Å². The smallest absolute Gasteiger partial charge is 0.269 e. The van der Waals surface area contributed by atoms with Gasteiger partial charge in [-0.2, -0.15) is 0 Å². The van der Waals surface area contributed by atoms with Crippen LogP contribution in [-0.2, 0) is 11.3 Å². The number of nitrogens with zero attached hydrogens (tertiary/aromatic N) is 6. The van der Waals surface area contributed by atoms with Gasteiger partial charge in [0.2, 0.25) is 11.0 Å². The van der Waals surface area contributed by atoms with Crippen molar-refractivity contribution in [2.45, 2.75) is 18.6 Å². The molecule has 0 unspecified atom stereocenters. The van der Waals surface area contributed by atoms with Gasteiger partial charge in [0.25, 0.3) is 11.6 Å². The van der Waals surface area contributed by atoms with Crippen LogP contribution in [0, 0.1) is 17.0 Å². The molecule has 2 N–H and O–H groups in total. The third kappa shape index (κ3) is 6.04. The van der Waals surface area contributed by atoms with Gasteiger partial charge in [0.1, 0.15) is 5.01 Å². The summed E-state index contributed by atoms with van der Waals surface area (Å²) < 4.78 is 1.75. The minimum absolute atomic E-state index is 0.0501. The molecule has 0 aliphatic rings. The molecule has 0 saturated carbocycles. The van der Waals surface area contributed by atoms with Gasteiger partial charge in [0.15, 0.2) is 11.0 Å². The van der Waals surface area contributed by atoms with E-state index in [4.69, 9.17) is 0 Å². The lowest BCUT2D eigenvalue weighted by molar-refractivity contribution is -0.384. The molecule has 0 aliphatic carbocycles. The summed E-state index contributed by atoms with van der Waals surface area (Å²) in [5.74, 6) is -0.155. The Morgan fingerprint density at radius 3 is 2.46 bits per heavy atom. The van der Waals surface area contributed by atoms with Gasteiger partial charge in [-0.15, -0.1) is 20.4 Å². The predicted molar refractivity (Wildman–Crippen MR) is 130 cm³/mol. The van der Waals surface area contributed by atoms with Crippen molar-refractivity contribution in [3.05, 3.63) is 81.1 Å². The Labute approximate surface area is 207 Å². The molecular weight excluding hydrogens is 492 g/mol. The lowest BCUT2D eigenvalue weighted by atomic mass is 10.2. The van der Waals surface area contributed by atoms with Crippen molar-refractivity contribution in [3.8, 4) is 5.69 Å². The van der Waals surface area contributed by atoms with E-state index in [1.165, 1.54) is 47.4 Å². The van der Waals surface area contributed by atoms with Crippen LogP contribution in [0.25, 0.3) is 5.69 Å². The fourth-order valence-electron chi connectivity index (χ4n) is 2.97. The van der Waals surface area contributed by atoms with Gasteiger partial charge in [-0.05, 0) is 31.2 Å². The molecule has 4 rings (SSSR count). The fraction of sp³-hybridized carbons (Fsp3) is 0.143. The topological polar surface area (TPSA) is 158 Å². The Balaban J connectivity index is 1.46. The molecule has 0 atom stereocenters. The monoisotopic (exact) mass is 510 g/mol. The van der Waals surface area contributed by atoms with Crippen LogP contribution in [0.5, 0.6) is 0 Å². The number of anilines is 1. The SMILES string of the molecule is Cc1nnc(NC(=O)CSc2nnc(CNC(=O)c3ccc([N+](=O)[O-])cc3)n2-c2ccccc2)s1.